The van der Waals surface area contributed by atoms with E-state index in [1.807, 2.05) is 0 Å². The van der Waals surface area contributed by atoms with Gasteiger partial charge in [0, 0.05) is 25.2 Å². The van der Waals surface area contributed by atoms with E-state index in [2.05, 4.69) is 51.8 Å². The predicted octanol–water partition coefficient (Wildman–Crippen LogP) is 2.74. The van der Waals surface area contributed by atoms with Gasteiger partial charge in [0.15, 0.2) is 0 Å². The summed E-state index contributed by atoms with van der Waals surface area (Å²) in [5, 5.41) is 3.68. The van der Waals surface area contributed by atoms with E-state index in [-0.39, 0.29) is 0 Å². The Bertz CT molecular complexity index is 205. The molecule has 2 heteroatoms. The molecule has 0 bridgehead atoms. The highest BCUT2D eigenvalue weighted by atomic mass is 15.2. The summed E-state index contributed by atoms with van der Waals surface area (Å²) in [4.78, 5) is 2.66. The molecule has 1 saturated heterocycles. The Kier molecular flexibility index (Phi) is 4.81. The Morgan fingerprint density at radius 1 is 1.31 bits per heavy atom. The predicted molar refractivity (Wildman–Crippen MR) is 71.7 cm³/mol. The SMILES string of the molecule is CC(C)CCN1CC(C(C)(C)C)NCC1C. The molecule has 2 nitrogen and oxygen atoms in total. The van der Waals surface area contributed by atoms with Crippen LogP contribution in [0.25, 0.3) is 0 Å². The van der Waals surface area contributed by atoms with Gasteiger partial charge in [-0.3, -0.25) is 4.90 Å². The van der Waals surface area contributed by atoms with E-state index in [0.29, 0.717) is 17.5 Å². The van der Waals surface area contributed by atoms with Crippen LogP contribution in [0.15, 0.2) is 0 Å². The lowest BCUT2D eigenvalue weighted by Gasteiger charge is -2.44. The minimum Gasteiger partial charge on any atom is -0.311 e. The molecule has 0 aromatic rings. The lowest BCUT2D eigenvalue weighted by atomic mass is 9.84. The minimum absolute atomic E-state index is 0.371. The lowest BCUT2D eigenvalue weighted by molar-refractivity contribution is 0.0897. The summed E-state index contributed by atoms with van der Waals surface area (Å²) in [6.07, 6.45) is 1.32. The Balaban J connectivity index is 2.48. The van der Waals surface area contributed by atoms with Crippen molar-refractivity contribution in [3.8, 4) is 0 Å². The topological polar surface area (TPSA) is 15.3 Å². The molecule has 1 rings (SSSR count). The Morgan fingerprint density at radius 2 is 1.94 bits per heavy atom. The first-order chi connectivity index (χ1) is 7.30. The third-order valence-electron chi connectivity index (χ3n) is 3.74. The molecule has 16 heavy (non-hydrogen) atoms. The van der Waals surface area contributed by atoms with Crippen LogP contribution in [0.5, 0.6) is 0 Å². The summed E-state index contributed by atoms with van der Waals surface area (Å²) in [5.74, 6) is 0.815. The lowest BCUT2D eigenvalue weighted by Crippen LogP contribution is -2.59. The molecule has 0 aromatic heterocycles. The van der Waals surface area contributed by atoms with Crippen molar-refractivity contribution in [2.45, 2.75) is 60.0 Å². The second kappa shape index (κ2) is 5.50. The number of nitrogens with one attached hydrogen (secondary N) is 1. The average Bonchev–Trinajstić information content (AvgIpc) is 2.14. The van der Waals surface area contributed by atoms with Crippen LogP contribution in [-0.4, -0.2) is 36.6 Å². The third kappa shape index (κ3) is 4.06. The van der Waals surface area contributed by atoms with Gasteiger partial charge in [0.1, 0.15) is 0 Å². The van der Waals surface area contributed by atoms with Gasteiger partial charge in [-0.25, -0.2) is 0 Å². The Morgan fingerprint density at radius 3 is 2.44 bits per heavy atom. The van der Waals surface area contributed by atoms with E-state index >= 15 is 0 Å². The average molecular weight is 226 g/mol. The van der Waals surface area contributed by atoms with Crippen molar-refractivity contribution in [2.75, 3.05) is 19.6 Å². The van der Waals surface area contributed by atoms with Gasteiger partial charge in [-0.1, -0.05) is 34.6 Å². The number of rotatable bonds is 3. The van der Waals surface area contributed by atoms with Crippen LogP contribution in [0, 0.1) is 11.3 Å². The molecule has 2 unspecified atom stereocenters. The van der Waals surface area contributed by atoms with Gasteiger partial charge in [0.25, 0.3) is 0 Å². The van der Waals surface area contributed by atoms with Crippen molar-refractivity contribution in [1.29, 1.82) is 0 Å². The summed E-state index contributed by atoms with van der Waals surface area (Å²) in [5.41, 5.74) is 0.371. The number of piperazine rings is 1. The highest BCUT2D eigenvalue weighted by Gasteiger charge is 2.31. The molecule has 1 aliphatic heterocycles. The smallest absolute Gasteiger partial charge is 0.0244 e. The summed E-state index contributed by atoms with van der Waals surface area (Å²) < 4.78 is 0. The molecule has 1 N–H and O–H groups in total. The minimum atomic E-state index is 0.371. The van der Waals surface area contributed by atoms with E-state index in [1.165, 1.54) is 19.5 Å². The Labute approximate surface area is 102 Å². The second-order valence-corrected chi connectivity index (χ2v) is 6.85. The zero-order valence-corrected chi connectivity index (χ0v) is 12.0. The third-order valence-corrected chi connectivity index (χ3v) is 3.74. The van der Waals surface area contributed by atoms with Crippen molar-refractivity contribution < 1.29 is 0 Å². The quantitative estimate of drug-likeness (QED) is 0.796. The molecule has 96 valence electrons. The van der Waals surface area contributed by atoms with Crippen LogP contribution in [0.2, 0.25) is 0 Å². The van der Waals surface area contributed by atoms with Crippen molar-refractivity contribution in [3.63, 3.8) is 0 Å². The van der Waals surface area contributed by atoms with E-state index in [1.54, 1.807) is 0 Å². The molecule has 2 atom stereocenters. The molecule has 1 fully saturated rings. The fourth-order valence-corrected chi connectivity index (χ4v) is 2.24. The van der Waals surface area contributed by atoms with Crippen molar-refractivity contribution in [3.05, 3.63) is 0 Å². The molecule has 1 heterocycles. The number of hydrogen-bond donors (Lipinski definition) is 1. The van der Waals surface area contributed by atoms with Gasteiger partial charge in [0.05, 0.1) is 0 Å². The highest BCUT2D eigenvalue weighted by Crippen LogP contribution is 2.23. The molecule has 0 amide bonds. The van der Waals surface area contributed by atoms with E-state index in [0.717, 1.165) is 12.5 Å². The molecule has 0 spiro atoms. The summed E-state index contributed by atoms with van der Waals surface area (Å²) in [7, 11) is 0. The van der Waals surface area contributed by atoms with Crippen molar-refractivity contribution >= 4 is 0 Å². The largest absolute Gasteiger partial charge is 0.311 e. The van der Waals surface area contributed by atoms with Gasteiger partial charge in [-0.15, -0.1) is 0 Å². The molecule has 0 aliphatic carbocycles. The second-order valence-electron chi connectivity index (χ2n) is 6.85. The molecular weight excluding hydrogens is 196 g/mol. The number of hydrogen-bond acceptors (Lipinski definition) is 2. The Hall–Kier alpha value is -0.0800. The summed E-state index contributed by atoms with van der Waals surface area (Å²) in [6.45, 7) is 17.6. The van der Waals surface area contributed by atoms with Gasteiger partial charge < -0.3 is 5.32 Å². The van der Waals surface area contributed by atoms with Crippen LogP contribution in [0.1, 0.15) is 48.0 Å². The summed E-state index contributed by atoms with van der Waals surface area (Å²) >= 11 is 0. The first kappa shape index (κ1) is 14.0. The fourth-order valence-electron chi connectivity index (χ4n) is 2.24. The summed E-state index contributed by atoms with van der Waals surface area (Å²) in [6, 6.07) is 1.33. The molecule has 0 saturated carbocycles. The molecular formula is C14H30N2. The van der Waals surface area contributed by atoms with Crippen LogP contribution in [0.4, 0.5) is 0 Å². The number of nitrogens with zero attached hydrogens (tertiary/aromatic N) is 1. The normalized spacial score (nSPS) is 28.7. The van der Waals surface area contributed by atoms with Gasteiger partial charge in [-0.2, -0.15) is 0 Å². The highest BCUT2D eigenvalue weighted by molar-refractivity contribution is 4.90. The van der Waals surface area contributed by atoms with Gasteiger partial charge in [0.2, 0.25) is 0 Å². The molecule has 0 radical (unpaired) electrons. The van der Waals surface area contributed by atoms with Gasteiger partial charge in [-0.05, 0) is 31.2 Å². The fraction of sp³-hybridized carbons (Fsp3) is 1.00. The first-order valence-electron chi connectivity index (χ1n) is 6.78. The van der Waals surface area contributed by atoms with Crippen LogP contribution >= 0.6 is 0 Å². The zero-order valence-electron chi connectivity index (χ0n) is 12.0. The van der Waals surface area contributed by atoms with E-state index < -0.39 is 0 Å². The van der Waals surface area contributed by atoms with Gasteiger partial charge >= 0.3 is 0 Å². The van der Waals surface area contributed by atoms with Crippen LogP contribution in [0.3, 0.4) is 0 Å². The monoisotopic (exact) mass is 226 g/mol. The zero-order chi connectivity index (χ0) is 12.3. The first-order valence-corrected chi connectivity index (χ1v) is 6.78. The van der Waals surface area contributed by atoms with Crippen molar-refractivity contribution in [2.24, 2.45) is 11.3 Å². The van der Waals surface area contributed by atoms with Crippen LogP contribution < -0.4 is 5.32 Å². The van der Waals surface area contributed by atoms with E-state index in [4.69, 9.17) is 0 Å². The van der Waals surface area contributed by atoms with Crippen molar-refractivity contribution in [1.82, 2.24) is 10.2 Å². The maximum Gasteiger partial charge on any atom is 0.0244 e. The molecule has 0 aromatic carbocycles. The maximum atomic E-state index is 3.68. The maximum absolute atomic E-state index is 3.68. The van der Waals surface area contributed by atoms with Crippen LogP contribution in [-0.2, 0) is 0 Å². The standard InChI is InChI=1S/C14H30N2/c1-11(2)7-8-16-10-13(14(4,5)6)15-9-12(16)3/h11-13,15H,7-10H2,1-6H3. The molecule has 1 aliphatic rings. The van der Waals surface area contributed by atoms with E-state index in [9.17, 15) is 0 Å².